The first-order chi connectivity index (χ1) is 9.11. The zero-order chi connectivity index (χ0) is 13.7. The maximum atomic E-state index is 11.5. The van der Waals surface area contributed by atoms with Crippen molar-refractivity contribution < 1.29 is 19.0 Å². The Bertz CT molecular complexity index is 426. The van der Waals surface area contributed by atoms with Gasteiger partial charge >= 0.3 is 5.97 Å². The largest absolute Gasteiger partial charge is 0.497 e. The molecule has 1 saturated heterocycles. The Morgan fingerprint density at radius 1 is 1.32 bits per heavy atom. The lowest BCUT2D eigenvalue weighted by Gasteiger charge is -2.38. The molecule has 1 heterocycles. The van der Waals surface area contributed by atoms with E-state index >= 15 is 0 Å². The molecular weight excluding hydrogens is 246 g/mol. The molecule has 0 saturated carbocycles. The molecule has 19 heavy (non-hydrogen) atoms. The highest BCUT2D eigenvalue weighted by molar-refractivity contribution is 5.70. The van der Waals surface area contributed by atoms with Gasteiger partial charge in [-0.15, -0.1) is 0 Å². The minimum absolute atomic E-state index is 0.00562. The average molecular weight is 265 g/mol. The van der Waals surface area contributed by atoms with Crippen LogP contribution in [0.3, 0.4) is 0 Å². The average Bonchev–Trinajstić information content (AvgIpc) is 2.41. The fourth-order valence-corrected chi connectivity index (χ4v) is 1.74. The number of carbonyl (C=O) groups excluding carboxylic acids is 1. The second-order valence-corrected chi connectivity index (χ2v) is 4.85. The van der Waals surface area contributed by atoms with Crippen LogP contribution in [0.25, 0.3) is 0 Å². The third-order valence-electron chi connectivity index (χ3n) is 3.10. The molecule has 0 atom stereocenters. The summed E-state index contributed by atoms with van der Waals surface area (Å²) in [5.74, 6) is 0.438. The summed E-state index contributed by atoms with van der Waals surface area (Å²) in [5.41, 5.74) is 0.699. The summed E-state index contributed by atoms with van der Waals surface area (Å²) in [6.45, 7) is 3.77. The van der Waals surface area contributed by atoms with Crippen molar-refractivity contribution in [1.82, 2.24) is 5.32 Å². The minimum atomic E-state index is -0.344. The molecule has 1 aromatic rings. The van der Waals surface area contributed by atoms with Crippen LogP contribution in [0.2, 0.25) is 0 Å². The van der Waals surface area contributed by atoms with Gasteiger partial charge in [0, 0.05) is 13.1 Å². The number of hydrogen-bond acceptors (Lipinski definition) is 5. The second kappa shape index (κ2) is 6.04. The van der Waals surface area contributed by atoms with E-state index < -0.39 is 0 Å². The number of methoxy groups -OCH3 is 1. The van der Waals surface area contributed by atoms with Crippen LogP contribution in [0.5, 0.6) is 5.75 Å². The predicted molar refractivity (Wildman–Crippen MR) is 70.0 cm³/mol. The Labute approximate surface area is 112 Å². The van der Waals surface area contributed by atoms with E-state index in [0.717, 1.165) is 24.4 Å². The number of ether oxygens (including phenoxy) is 3. The predicted octanol–water partition coefficient (Wildman–Crippen LogP) is 1.12. The van der Waals surface area contributed by atoms with Gasteiger partial charge < -0.3 is 19.5 Å². The molecule has 5 heteroatoms. The lowest BCUT2D eigenvalue weighted by molar-refractivity contribution is -0.159. The summed E-state index contributed by atoms with van der Waals surface area (Å²) in [5, 5.41) is 3.11. The molecule has 0 aliphatic carbocycles. The number of hydrogen-bond donors (Lipinski definition) is 1. The molecular formula is C14H19NO4. The lowest BCUT2D eigenvalue weighted by atomic mass is 10.0. The van der Waals surface area contributed by atoms with Crippen molar-refractivity contribution >= 4 is 5.97 Å². The van der Waals surface area contributed by atoms with E-state index in [1.807, 2.05) is 31.2 Å². The molecule has 0 bridgehead atoms. The molecule has 0 aromatic heterocycles. The van der Waals surface area contributed by atoms with Gasteiger partial charge in [0.1, 0.15) is 19.0 Å². The van der Waals surface area contributed by atoms with Gasteiger partial charge in [-0.25, -0.2) is 4.79 Å². The first-order valence-electron chi connectivity index (χ1n) is 6.24. The fourth-order valence-electron chi connectivity index (χ4n) is 1.74. The molecule has 1 fully saturated rings. The Hall–Kier alpha value is -1.59. The Balaban J connectivity index is 1.70. The summed E-state index contributed by atoms with van der Waals surface area (Å²) < 4.78 is 15.7. The maximum Gasteiger partial charge on any atom is 0.332 e. The molecule has 0 amide bonds. The number of nitrogens with one attached hydrogen (secondary N) is 1. The molecule has 1 aliphatic heterocycles. The summed E-state index contributed by atoms with van der Waals surface area (Å²) in [6, 6.07) is 7.40. The van der Waals surface area contributed by atoms with Crippen LogP contribution < -0.4 is 10.1 Å². The molecule has 1 N–H and O–H groups in total. The van der Waals surface area contributed by atoms with Crippen LogP contribution >= 0.6 is 0 Å². The molecule has 1 aliphatic rings. The maximum absolute atomic E-state index is 11.5. The standard InChI is InChI=1S/C14H19NO4/c1-14(9-15-10-14)19-8-13(16)18-7-11-3-5-12(17-2)6-4-11/h3-6,15H,7-10H2,1-2H3. The van der Waals surface area contributed by atoms with E-state index in [-0.39, 0.29) is 24.8 Å². The highest BCUT2D eigenvalue weighted by Gasteiger charge is 2.33. The van der Waals surface area contributed by atoms with Crippen molar-refractivity contribution in [3.8, 4) is 5.75 Å². The zero-order valence-electron chi connectivity index (χ0n) is 11.3. The summed E-state index contributed by atoms with van der Waals surface area (Å²) in [6.07, 6.45) is 0. The molecule has 0 radical (unpaired) electrons. The highest BCUT2D eigenvalue weighted by atomic mass is 16.6. The van der Waals surface area contributed by atoms with Gasteiger partial charge in [0.2, 0.25) is 0 Å². The fraction of sp³-hybridized carbons (Fsp3) is 0.500. The molecule has 0 spiro atoms. The lowest BCUT2D eigenvalue weighted by Crippen LogP contribution is -2.59. The summed E-state index contributed by atoms with van der Waals surface area (Å²) in [7, 11) is 1.61. The number of carbonyl (C=O) groups is 1. The Kier molecular flexibility index (Phi) is 4.39. The van der Waals surface area contributed by atoms with Gasteiger partial charge in [0.25, 0.3) is 0 Å². The SMILES string of the molecule is COc1ccc(COC(=O)COC2(C)CNC2)cc1. The van der Waals surface area contributed by atoms with E-state index in [4.69, 9.17) is 14.2 Å². The van der Waals surface area contributed by atoms with E-state index in [2.05, 4.69) is 5.32 Å². The molecule has 1 aromatic carbocycles. The van der Waals surface area contributed by atoms with Crippen molar-refractivity contribution in [2.24, 2.45) is 0 Å². The number of esters is 1. The quantitative estimate of drug-likeness (QED) is 0.781. The third-order valence-corrected chi connectivity index (χ3v) is 3.10. The molecule has 5 nitrogen and oxygen atoms in total. The summed E-state index contributed by atoms with van der Waals surface area (Å²) >= 11 is 0. The van der Waals surface area contributed by atoms with E-state index in [1.54, 1.807) is 7.11 Å². The zero-order valence-corrected chi connectivity index (χ0v) is 11.3. The van der Waals surface area contributed by atoms with Crippen LogP contribution in [0.1, 0.15) is 12.5 Å². The number of rotatable bonds is 6. The first kappa shape index (κ1) is 13.8. The van der Waals surface area contributed by atoms with Crippen molar-refractivity contribution in [2.45, 2.75) is 19.1 Å². The van der Waals surface area contributed by atoms with Crippen molar-refractivity contribution in [1.29, 1.82) is 0 Å². The second-order valence-electron chi connectivity index (χ2n) is 4.85. The van der Waals surface area contributed by atoms with Crippen LogP contribution in [0.4, 0.5) is 0 Å². The van der Waals surface area contributed by atoms with Crippen LogP contribution in [-0.2, 0) is 20.9 Å². The van der Waals surface area contributed by atoms with E-state index in [9.17, 15) is 4.79 Å². The van der Waals surface area contributed by atoms with E-state index in [0.29, 0.717) is 0 Å². The van der Waals surface area contributed by atoms with Crippen LogP contribution in [0.15, 0.2) is 24.3 Å². The van der Waals surface area contributed by atoms with Crippen molar-refractivity contribution in [2.75, 3.05) is 26.8 Å². The van der Waals surface area contributed by atoms with E-state index in [1.165, 1.54) is 0 Å². The van der Waals surface area contributed by atoms with Gasteiger partial charge in [0.05, 0.1) is 12.7 Å². The Morgan fingerprint density at radius 3 is 2.53 bits per heavy atom. The first-order valence-corrected chi connectivity index (χ1v) is 6.24. The monoisotopic (exact) mass is 265 g/mol. The highest BCUT2D eigenvalue weighted by Crippen LogP contribution is 2.15. The van der Waals surface area contributed by atoms with Gasteiger partial charge in [-0.1, -0.05) is 12.1 Å². The van der Waals surface area contributed by atoms with Gasteiger partial charge in [-0.2, -0.15) is 0 Å². The van der Waals surface area contributed by atoms with Crippen LogP contribution in [-0.4, -0.2) is 38.4 Å². The van der Waals surface area contributed by atoms with Crippen molar-refractivity contribution in [3.05, 3.63) is 29.8 Å². The molecule has 2 rings (SSSR count). The van der Waals surface area contributed by atoms with Crippen LogP contribution in [0, 0.1) is 0 Å². The van der Waals surface area contributed by atoms with Gasteiger partial charge in [-0.3, -0.25) is 0 Å². The van der Waals surface area contributed by atoms with Gasteiger partial charge in [-0.05, 0) is 24.6 Å². The Morgan fingerprint density at radius 2 is 2.00 bits per heavy atom. The topological polar surface area (TPSA) is 56.8 Å². The molecule has 0 unspecified atom stereocenters. The third kappa shape index (κ3) is 3.94. The van der Waals surface area contributed by atoms with Gasteiger partial charge in [0.15, 0.2) is 0 Å². The summed E-state index contributed by atoms with van der Waals surface area (Å²) in [4.78, 5) is 11.5. The minimum Gasteiger partial charge on any atom is -0.497 e. The smallest absolute Gasteiger partial charge is 0.332 e. The number of benzene rings is 1. The molecule has 104 valence electrons. The van der Waals surface area contributed by atoms with Crippen molar-refractivity contribution in [3.63, 3.8) is 0 Å². The normalized spacial score (nSPS) is 16.5.